The molecule has 0 spiro atoms. The molecule has 0 amide bonds. The third-order valence-electron chi connectivity index (χ3n) is 3.99. The molecule has 21 heavy (non-hydrogen) atoms. The van der Waals surface area contributed by atoms with Crippen molar-refractivity contribution in [3.63, 3.8) is 0 Å². The Morgan fingerprint density at radius 2 is 2.00 bits per heavy atom. The predicted molar refractivity (Wildman–Crippen MR) is 81.9 cm³/mol. The van der Waals surface area contributed by atoms with E-state index >= 15 is 0 Å². The summed E-state index contributed by atoms with van der Waals surface area (Å²) < 4.78 is 18.5. The van der Waals surface area contributed by atoms with E-state index in [2.05, 4.69) is 30.4 Å². The van der Waals surface area contributed by atoms with Crippen molar-refractivity contribution >= 4 is 0 Å². The molecule has 2 aromatic carbocycles. The summed E-state index contributed by atoms with van der Waals surface area (Å²) in [4.78, 5) is 0. The second kappa shape index (κ2) is 6.27. The van der Waals surface area contributed by atoms with Crippen molar-refractivity contribution in [1.29, 1.82) is 0 Å². The van der Waals surface area contributed by atoms with E-state index < -0.39 is 0 Å². The summed E-state index contributed by atoms with van der Waals surface area (Å²) in [6, 6.07) is 13.4. The first-order valence-electron chi connectivity index (χ1n) is 7.49. The molecular weight excluding hydrogens is 265 g/mol. The summed E-state index contributed by atoms with van der Waals surface area (Å²) in [5.41, 5.74) is 3.69. The number of halogens is 1. The SMILES string of the molecule is CCC(NCc1ccc(F)cc1)c1ccc2c(c1)CCO2. The molecule has 0 saturated carbocycles. The number of hydrogen-bond acceptors (Lipinski definition) is 2. The van der Waals surface area contributed by atoms with Crippen molar-refractivity contribution in [3.05, 3.63) is 65.0 Å². The van der Waals surface area contributed by atoms with E-state index in [0.717, 1.165) is 37.3 Å². The van der Waals surface area contributed by atoms with Gasteiger partial charge in [-0.1, -0.05) is 31.2 Å². The lowest BCUT2D eigenvalue weighted by atomic mass is 10.0. The first-order chi connectivity index (χ1) is 10.3. The molecule has 3 heteroatoms. The van der Waals surface area contributed by atoms with Crippen molar-refractivity contribution in [2.45, 2.75) is 32.4 Å². The molecular formula is C18H20FNO. The van der Waals surface area contributed by atoms with Crippen LogP contribution in [0.3, 0.4) is 0 Å². The molecule has 1 aliphatic heterocycles. The second-order valence-corrected chi connectivity index (χ2v) is 5.43. The van der Waals surface area contributed by atoms with Crippen molar-refractivity contribution in [1.82, 2.24) is 5.32 Å². The predicted octanol–water partition coefficient (Wildman–Crippen LogP) is 4.00. The Labute approximate surface area is 125 Å². The maximum Gasteiger partial charge on any atom is 0.123 e. The molecule has 1 heterocycles. The van der Waals surface area contributed by atoms with Gasteiger partial charge in [-0.3, -0.25) is 0 Å². The summed E-state index contributed by atoms with van der Waals surface area (Å²) in [6.07, 6.45) is 2.01. The van der Waals surface area contributed by atoms with Gasteiger partial charge in [0, 0.05) is 19.0 Å². The minimum absolute atomic E-state index is 0.190. The number of fused-ring (bicyclic) bond motifs is 1. The fourth-order valence-electron chi connectivity index (χ4n) is 2.76. The zero-order chi connectivity index (χ0) is 14.7. The molecule has 110 valence electrons. The minimum Gasteiger partial charge on any atom is -0.493 e. The van der Waals surface area contributed by atoms with Gasteiger partial charge in [0.25, 0.3) is 0 Å². The largest absolute Gasteiger partial charge is 0.493 e. The first kappa shape index (κ1) is 14.1. The van der Waals surface area contributed by atoms with Crippen LogP contribution in [0.1, 0.15) is 36.1 Å². The lowest BCUT2D eigenvalue weighted by Crippen LogP contribution is -2.20. The molecule has 1 aliphatic rings. The Balaban J connectivity index is 1.68. The Bertz CT molecular complexity index is 609. The van der Waals surface area contributed by atoms with Gasteiger partial charge in [0.2, 0.25) is 0 Å². The first-order valence-corrected chi connectivity index (χ1v) is 7.49. The Kier molecular flexibility index (Phi) is 4.20. The van der Waals surface area contributed by atoms with Gasteiger partial charge < -0.3 is 10.1 Å². The normalized spacial score (nSPS) is 14.6. The minimum atomic E-state index is -0.190. The molecule has 0 fully saturated rings. The fourth-order valence-corrected chi connectivity index (χ4v) is 2.76. The van der Waals surface area contributed by atoms with E-state index in [9.17, 15) is 4.39 Å². The van der Waals surface area contributed by atoms with Crippen molar-refractivity contribution in [3.8, 4) is 5.75 Å². The average Bonchev–Trinajstić information content (AvgIpc) is 2.97. The third kappa shape index (κ3) is 3.24. The smallest absolute Gasteiger partial charge is 0.123 e. The number of nitrogens with one attached hydrogen (secondary N) is 1. The van der Waals surface area contributed by atoms with Crippen LogP contribution >= 0.6 is 0 Å². The van der Waals surface area contributed by atoms with Gasteiger partial charge in [0.05, 0.1) is 6.61 Å². The Hall–Kier alpha value is -1.87. The van der Waals surface area contributed by atoms with Gasteiger partial charge in [0.15, 0.2) is 0 Å². The highest BCUT2D eigenvalue weighted by Gasteiger charge is 2.15. The summed E-state index contributed by atoms with van der Waals surface area (Å²) in [5, 5.41) is 3.55. The van der Waals surface area contributed by atoms with E-state index in [4.69, 9.17) is 4.74 Å². The van der Waals surface area contributed by atoms with Gasteiger partial charge in [-0.05, 0) is 41.3 Å². The molecule has 2 aromatic rings. The molecule has 2 nitrogen and oxygen atoms in total. The highest BCUT2D eigenvalue weighted by molar-refractivity contribution is 5.40. The highest BCUT2D eigenvalue weighted by atomic mass is 19.1. The van der Waals surface area contributed by atoms with E-state index in [1.165, 1.54) is 23.3 Å². The number of benzene rings is 2. The third-order valence-corrected chi connectivity index (χ3v) is 3.99. The van der Waals surface area contributed by atoms with Gasteiger partial charge >= 0.3 is 0 Å². The van der Waals surface area contributed by atoms with E-state index in [1.807, 2.05) is 12.1 Å². The second-order valence-electron chi connectivity index (χ2n) is 5.43. The zero-order valence-corrected chi connectivity index (χ0v) is 12.2. The molecule has 0 aromatic heterocycles. The lowest BCUT2D eigenvalue weighted by Gasteiger charge is -2.18. The maximum absolute atomic E-state index is 12.9. The molecule has 0 saturated heterocycles. The molecule has 0 aliphatic carbocycles. The summed E-state index contributed by atoms with van der Waals surface area (Å²) >= 11 is 0. The van der Waals surface area contributed by atoms with Gasteiger partial charge in [-0.2, -0.15) is 0 Å². The van der Waals surface area contributed by atoms with Crippen LogP contribution in [0, 0.1) is 5.82 Å². The maximum atomic E-state index is 12.9. The zero-order valence-electron chi connectivity index (χ0n) is 12.2. The van der Waals surface area contributed by atoms with Crippen LogP contribution in [-0.4, -0.2) is 6.61 Å². The van der Waals surface area contributed by atoms with Crippen molar-refractivity contribution in [2.75, 3.05) is 6.61 Å². The molecule has 1 unspecified atom stereocenters. The molecule has 3 rings (SSSR count). The monoisotopic (exact) mass is 285 g/mol. The molecule has 1 N–H and O–H groups in total. The van der Waals surface area contributed by atoms with Gasteiger partial charge in [0.1, 0.15) is 11.6 Å². The summed E-state index contributed by atoms with van der Waals surface area (Å²) in [5.74, 6) is 0.830. The Morgan fingerprint density at radius 1 is 1.19 bits per heavy atom. The summed E-state index contributed by atoms with van der Waals surface area (Å²) in [7, 11) is 0. The summed E-state index contributed by atoms with van der Waals surface area (Å²) in [6.45, 7) is 3.71. The van der Waals surface area contributed by atoms with Crippen molar-refractivity contribution in [2.24, 2.45) is 0 Å². The highest BCUT2D eigenvalue weighted by Crippen LogP contribution is 2.29. The topological polar surface area (TPSA) is 21.3 Å². The van der Waals surface area contributed by atoms with Gasteiger partial charge in [-0.15, -0.1) is 0 Å². The standard InChI is InChI=1S/C18H20FNO/c1-2-17(20-12-13-3-6-16(19)7-4-13)14-5-8-18-15(11-14)9-10-21-18/h3-8,11,17,20H,2,9-10,12H2,1H3. The van der Waals surface area contributed by atoms with E-state index in [-0.39, 0.29) is 5.82 Å². The molecule has 0 bridgehead atoms. The van der Waals surface area contributed by atoms with E-state index in [0.29, 0.717) is 6.04 Å². The van der Waals surface area contributed by atoms with Crippen LogP contribution < -0.4 is 10.1 Å². The fraction of sp³-hybridized carbons (Fsp3) is 0.333. The molecule has 1 atom stereocenters. The quantitative estimate of drug-likeness (QED) is 0.896. The van der Waals surface area contributed by atoms with Crippen LogP contribution in [0.15, 0.2) is 42.5 Å². The van der Waals surface area contributed by atoms with Crippen LogP contribution in [0.2, 0.25) is 0 Å². The Morgan fingerprint density at radius 3 is 2.76 bits per heavy atom. The number of hydrogen-bond donors (Lipinski definition) is 1. The van der Waals surface area contributed by atoms with Crippen LogP contribution in [0.5, 0.6) is 5.75 Å². The van der Waals surface area contributed by atoms with Crippen LogP contribution in [-0.2, 0) is 13.0 Å². The number of rotatable bonds is 5. The van der Waals surface area contributed by atoms with Crippen LogP contribution in [0.25, 0.3) is 0 Å². The van der Waals surface area contributed by atoms with Crippen LogP contribution in [0.4, 0.5) is 4.39 Å². The number of ether oxygens (including phenoxy) is 1. The van der Waals surface area contributed by atoms with Crippen molar-refractivity contribution < 1.29 is 9.13 Å². The average molecular weight is 285 g/mol. The molecule has 0 radical (unpaired) electrons. The van der Waals surface area contributed by atoms with Gasteiger partial charge in [-0.25, -0.2) is 4.39 Å². The van der Waals surface area contributed by atoms with E-state index in [1.54, 1.807) is 0 Å². The lowest BCUT2D eigenvalue weighted by molar-refractivity contribution is 0.356.